The Kier molecular flexibility index (Phi) is 3.27. The second-order valence-corrected chi connectivity index (χ2v) is 5.93. The third kappa shape index (κ3) is 2.25. The molecule has 0 amide bonds. The molecule has 1 N–H and O–H groups in total. The predicted octanol–water partition coefficient (Wildman–Crippen LogP) is 2.98. The standard InChI is InChI=1S/C14H15BrN2O/c15-13-2-1-3-14(12(13)8-16)18-11-6-9-4-5-10(7-11)17-9/h1-3,9-11,17H,4-7H2. The number of rotatable bonds is 2. The van der Waals surface area contributed by atoms with E-state index in [1.54, 1.807) is 0 Å². The molecular weight excluding hydrogens is 292 g/mol. The highest BCUT2D eigenvalue weighted by Gasteiger charge is 2.34. The van der Waals surface area contributed by atoms with E-state index in [1.165, 1.54) is 12.8 Å². The SMILES string of the molecule is N#Cc1c(Br)cccc1OC1CC2CCC(C1)N2. The highest BCUT2D eigenvalue weighted by Crippen LogP contribution is 2.32. The number of nitriles is 1. The van der Waals surface area contributed by atoms with E-state index in [1.807, 2.05) is 18.2 Å². The van der Waals surface area contributed by atoms with E-state index in [9.17, 15) is 5.26 Å². The topological polar surface area (TPSA) is 45.0 Å². The lowest BCUT2D eigenvalue weighted by Gasteiger charge is -2.29. The fourth-order valence-electron chi connectivity index (χ4n) is 2.99. The van der Waals surface area contributed by atoms with Crippen LogP contribution in [-0.4, -0.2) is 18.2 Å². The van der Waals surface area contributed by atoms with E-state index in [-0.39, 0.29) is 6.10 Å². The highest BCUT2D eigenvalue weighted by atomic mass is 79.9. The number of fused-ring (bicyclic) bond motifs is 2. The van der Waals surface area contributed by atoms with Crippen LogP contribution in [0.3, 0.4) is 0 Å². The largest absolute Gasteiger partial charge is 0.489 e. The van der Waals surface area contributed by atoms with Gasteiger partial charge in [0.25, 0.3) is 0 Å². The molecule has 2 unspecified atom stereocenters. The number of nitrogens with one attached hydrogen (secondary N) is 1. The molecule has 94 valence electrons. The molecule has 3 nitrogen and oxygen atoms in total. The van der Waals surface area contributed by atoms with E-state index in [0.717, 1.165) is 17.3 Å². The van der Waals surface area contributed by atoms with E-state index < -0.39 is 0 Å². The fourth-order valence-corrected chi connectivity index (χ4v) is 3.43. The normalized spacial score (nSPS) is 29.9. The van der Waals surface area contributed by atoms with Gasteiger partial charge in [-0.2, -0.15) is 5.26 Å². The summed E-state index contributed by atoms with van der Waals surface area (Å²) < 4.78 is 6.85. The van der Waals surface area contributed by atoms with Crippen molar-refractivity contribution < 1.29 is 4.74 Å². The van der Waals surface area contributed by atoms with Crippen LogP contribution in [0.1, 0.15) is 31.2 Å². The van der Waals surface area contributed by atoms with Crippen LogP contribution in [0.25, 0.3) is 0 Å². The average Bonchev–Trinajstić information content (AvgIpc) is 2.69. The molecule has 3 rings (SSSR count). The lowest BCUT2D eigenvalue weighted by Crippen LogP contribution is -2.42. The molecular formula is C14H15BrN2O. The maximum Gasteiger partial charge on any atom is 0.138 e. The fraction of sp³-hybridized carbons (Fsp3) is 0.500. The number of hydrogen-bond acceptors (Lipinski definition) is 3. The average molecular weight is 307 g/mol. The van der Waals surface area contributed by atoms with Gasteiger partial charge >= 0.3 is 0 Å². The number of nitrogens with zero attached hydrogens (tertiary/aromatic N) is 1. The first-order valence-corrected chi connectivity index (χ1v) is 7.17. The van der Waals surface area contributed by atoms with Crippen LogP contribution in [0.15, 0.2) is 22.7 Å². The van der Waals surface area contributed by atoms with Gasteiger partial charge in [-0.25, -0.2) is 0 Å². The minimum absolute atomic E-state index is 0.241. The van der Waals surface area contributed by atoms with Crippen molar-refractivity contribution in [3.63, 3.8) is 0 Å². The van der Waals surface area contributed by atoms with Crippen molar-refractivity contribution in [1.82, 2.24) is 5.32 Å². The molecule has 2 saturated heterocycles. The van der Waals surface area contributed by atoms with Gasteiger partial charge in [-0.3, -0.25) is 0 Å². The number of halogens is 1. The van der Waals surface area contributed by atoms with Gasteiger partial charge < -0.3 is 10.1 Å². The van der Waals surface area contributed by atoms with E-state index in [4.69, 9.17) is 4.74 Å². The third-order valence-electron chi connectivity index (χ3n) is 3.81. The first kappa shape index (κ1) is 12.0. The van der Waals surface area contributed by atoms with Crippen LogP contribution in [-0.2, 0) is 0 Å². The summed E-state index contributed by atoms with van der Waals surface area (Å²) in [6.45, 7) is 0. The molecule has 0 spiro atoms. The van der Waals surface area contributed by atoms with Crippen LogP contribution >= 0.6 is 15.9 Å². The monoisotopic (exact) mass is 306 g/mol. The minimum atomic E-state index is 0.241. The molecule has 0 aliphatic carbocycles. The molecule has 4 heteroatoms. The Hall–Kier alpha value is -1.05. The summed E-state index contributed by atoms with van der Waals surface area (Å²) in [5.74, 6) is 0.707. The molecule has 2 bridgehead atoms. The molecule has 2 heterocycles. The van der Waals surface area contributed by atoms with Gasteiger partial charge in [0.15, 0.2) is 0 Å². The van der Waals surface area contributed by atoms with Gasteiger partial charge in [-0.15, -0.1) is 0 Å². The lowest BCUT2D eigenvalue weighted by atomic mass is 10.0. The van der Waals surface area contributed by atoms with Crippen LogP contribution in [0.4, 0.5) is 0 Å². The summed E-state index contributed by atoms with van der Waals surface area (Å²) in [7, 11) is 0. The number of piperidine rings is 1. The lowest BCUT2D eigenvalue weighted by molar-refractivity contribution is 0.137. The predicted molar refractivity (Wildman–Crippen MR) is 72.5 cm³/mol. The van der Waals surface area contributed by atoms with Gasteiger partial charge in [-0.05, 0) is 53.7 Å². The van der Waals surface area contributed by atoms with Crippen molar-refractivity contribution in [2.24, 2.45) is 0 Å². The highest BCUT2D eigenvalue weighted by molar-refractivity contribution is 9.10. The van der Waals surface area contributed by atoms with Crippen LogP contribution < -0.4 is 10.1 Å². The summed E-state index contributed by atoms with van der Waals surface area (Å²) in [6.07, 6.45) is 4.86. The van der Waals surface area contributed by atoms with Crippen molar-refractivity contribution in [1.29, 1.82) is 5.26 Å². The summed E-state index contributed by atoms with van der Waals surface area (Å²) in [5, 5.41) is 12.8. The Morgan fingerprint density at radius 1 is 1.28 bits per heavy atom. The number of benzene rings is 1. The molecule has 2 aliphatic rings. The molecule has 2 fully saturated rings. The van der Waals surface area contributed by atoms with Gasteiger partial charge in [0, 0.05) is 16.6 Å². The second kappa shape index (κ2) is 4.91. The first-order chi connectivity index (χ1) is 8.76. The van der Waals surface area contributed by atoms with Crippen molar-refractivity contribution >= 4 is 15.9 Å². The Morgan fingerprint density at radius 3 is 2.67 bits per heavy atom. The zero-order valence-corrected chi connectivity index (χ0v) is 11.6. The summed E-state index contributed by atoms with van der Waals surface area (Å²) in [4.78, 5) is 0. The van der Waals surface area contributed by atoms with E-state index >= 15 is 0 Å². The van der Waals surface area contributed by atoms with Crippen molar-refractivity contribution in [2.45, 2.75) is 43.9 Å². The Bertz CT molecular complexity index is 485. The van der Waals surface area contributed by atoms with Gasteiger partial charge in [0.1, 0.15) is 23.5 Å². The molecule has 18 heavy (non-hydrogen) atoms. The Morgan fingerprint density at radius 2 is 2.00 bits per heavy atom. The summed E-state index contributed by atoms with van der Waals surface area (Å²) >= 11 is 3.39. The van der Waals surface area contributed by atoms with Crippen LogP contribution in [0.5, 0.6) is 5.75 Å². The maximum absolute atomic E-state index is 9.17. The molecule has 2 aliphatic heterocycles. The third-order valence-corrected chi connectivity index (χ3v) is 4.47. The first-order valence-electron chi connectivity index (χ1n) is 6.37. The minimum Gasteiger partial charge on any atom is -0.489 e. The van der Waals surface area contributed by atoms with Gasteiger partial charge in [0.05, 0.1) is 0 Å². The zero-order chi connectivity index (χ0) is 12.5. The smallest absolute Gasteiger partial charge is 0.138 e. The van der Waals surface area contributed by atoms with Gasteiger partial charge in [0.2, 0.25) is 0 Å². The van der Waals surface area contributed by atoms with E-state index in [2.05, 4.69) is 27.3 Å². The molecule has 0 aromatic heterocycles. The number of hydrogen-bond donors (Lipinski definition) is 1. The van der Waals surface area contributed by atoms with Gasteiger partial charge in [-0.1, -0.05) is 6.07 Å². The summed E-state index contributed by atoms with van der Waals surface area (Å²) in [6, 6.07) is 9.08. The zero-order valence-electron chi connectivity index (χ0n) is 10.0. The summed E-state index contributed by atoms with van der Waals surface area (Å²) in [5.41, 5.74) is 0.600. The Labute approximate surface area is 115 Å². The van der Waals surface area contributed by atoms with Crippen molar-refractivity contribution in [2.75, 3.05) is 0 Å². The Balaban J connectivity index is 1.77. The molecule has 0 saturated carbocycles. The van der Waals surface area contributed by atoms with Crippen LogP contribution in [0, 0.1) is 11.3 Å². The second-order valence-electron chi connectivity index (χ2n) is 5.07. The quantitative estimate of drug-likeness (QED) is 0.913. The molecule has 1 aromatic carbocycles. The van der Waals surface area contributed by atoms with Crippen LogP contribution in [0.2, 0.25) is 0 Å². The van der Waals surface area contributed by atoms with E-state index in [0.29, 0.717) is 23.4 Å². The van der Waals surface area contributed by atoms with Crippen molar-refractivity contribution in [3.05, 3.63) is 28.2 Å². The molecule has 1 aromatic rings. The maximum atomic E-state index is 9.17. The van der Waals surface area contributed by atoms with Crippen molar-refractivity contribution in [3.8, 4) is 11.8 Å². The molecule has 2 atom stereocenters. The molecule has 0 radical (unpaired) electrons. The number of ether oxygens (including phenoxy) is 1.